The maximum Gasteiger partial charge on any atom is 0.389 e. The van der Waals surface area contributed by atoms with Crippen molar-refractivity contribution in [2.45, 2.75) is 51.7 Å². The van der Waals surface area contributed by atoms with Crippen molar-refractivity contribution < 1.29 is 18.0 Å². The quantitative estimate of drug-likeness (QED) is 0.861. The standard InChI is InChI=1S/C13H19F3N4O/c1-9-17-10(2)20(18-9)11-4-3-7-19(8-11)12(21)5-6-13(14,15)16/h11H,3-8H2,1-2H3/t11-/m0/s1. The van der Waals surface area contributed by atoms with Gasteiger partial charge in [-0.2, -0.15) is 18.3 Å². The highest BCUT2D eigenvalue weighted by Gasteiger charge is 2.31. The summed E-state index contributed by atoms with van der Waals surface area (Å²) in [7, 11) is 0. The lowest BCUT2D eigenvalue weighted by Crippen LogP contribution is -2.41. The summed E-state index contributed by atoms with van der Waals surface area (Å²) in [6.45, 7) is 4.54. The van der Waals surface area contributed by atoms with Gasteiger partial charge in [-0.05, 0) is 26.7 Å². The van der Waals surface area contributed by atoms with Gasteiger partial charge in [0, 0.05) is 19.5 Å². The van der Waals surface area contributed by atoms with Crippen molar-refractivity contribution in [3.05, 3.63) is 11.6 Å². The Morgan fingerprint density at radius 2 is 2.10 bits per heavy atom. The molecule has 5 nitrogen and oxygen atoms in total. The molecule has 0 radical (unpaired) electrons. The first kappa shape index (κ1) is 15.8. The van der Waals surface area contributed by atoms with Gasteiger partial charge in [0.1, 0.15) is 11.6 Å². The Morgan fingerprint density at radius 1 is 1.38 bits per heavy atom. The van der Waals surface area contributed by atoms with Crippen LogP contribution < -0.4 is 0 Å². The molecule has 0 spiro atoms. The van der Waals surface area contributed by atoms with Crippen LogP contribution in [0.2, 0.25) is 0 Å². The summed E-state index contributed by atoms with van der Waals surface area (Å²) in [5, 5.41) is 4.30. The number of amides is 1. The average molecular weight is 304 g/mol. The largest absolute Gasteiger partial charge is 0.389 e. The van der Waals surface area contributed by atoms with Crippen LogP contribution in [0, 0.1) is 13.8 Å². The summed E-state index contributed by atoms with van der Waals surface area (Å²) in [4.78, 5) is 17.6. The molecule has 1 aliphatic heterocycles. The highest BCUT2D eigenvalue weighted by molar-refractivity contribution is 5.76. The number of aryl methyl sites for hydroxylation is 2. The van der Waals surface area contributed by atoms with Crippen LogP contribution in [0.1, 0.15) is 43.4 Å². The number of carbonyl (C=O) groups excluding carboxylic acids is 1. The Bertz CT molecular complexity index is 512. The van der Waals surface area contributed by atoms with Crippen molar-refractivity contribution in [1.82, 2.24) is 19.7 Å². The van der Waals surface area contributed by atoms with Gasteiger partial charge in [-0.1, -0.05) is 0 Å². The van der Waals surface area contributed by atoms with Crippen molar-refractivity contribution in [2.75, 3.05) is 13.1 Å². The third-order valence-corrected chi connectivity index (χ3v) is 3.63. The molecule has 1 aromatic heterocycles. The predicted molar refractivity (Wildman–Crippen MR) is 69.6 cm³/mol. The van der Waals surface area contributed by atoms with Gasteiger partial charge in [0.25, 0.3) is 0 Å². The molecule has 2 heterocycles. The second kappa shape index (κ2) is 6.03. The summed E-state index contributed by atoms with van der Waals surface area (Å²) in [5.41, 5.74) is 0. The zero-order chi connectivity index (χ0) is 15.6. The number of hydrogen-bond donors (Lipinski definition) is 0. The number of piperidine rings is 1. The summed E-state index contributed by atoms with van der Waals surface area (Å²) in [6, 6.07) is -0.00483. The molecule has 1 aromatic rings. The second-order valence-corrected chi connectivity index (χ2v) is 5.40. The molecule has 0 unspecified atom stereocenters. The fourth-order valence-electron chi connectivity index (χ4n) is 2.67. The Labute approximate surface area is 121 Å². The van der Waals surface area contributed by atoms with Crippen LogP contribution in [0.15, 0.2) is 0 Å². The van der Waals surface area contributed by atoms with Gasteiger partial charge >= 0.3 is 6.18 Å². The highest BCUT2D eigenvalue weighted by atomic mass is 19.4. The van der Waals surface area contributed by atoms with E-state index < -0.39 is 24.9 Å². The van der Waals surface area contributed by atoms with Crippen LogP contribution in [0.5, 0.6) is 0 Å². The molecule has 1 fully saturated rings. The van der Waals surface area contributed by atoms with Crippen LogP contribution in [-0.2, 0) is 4.79 Å². The number of halogens is 3. The molecular weight excluding hydrogens is 285 g/mol. The third kappa shape index (κ3) is 4.18. The molecule has 2 rings (SSSR count). The minimum atomic E-state index is -4.29. The molecule has 0 aliphatic carbocycles. The lowest BCUT2D eigenvalue weighted by molar-refractivity contribution is -0.150. The van der Waals surface area contributed by atoms with Crippen molar-refractivity contribution in [2.24, 2.45) is 0 Å². The molecule has 21 heavy (non-hydrogen) atoms. The fourth-order valence-corrected chi connectivity index (χ4v) is 2.67. The molecule has 8 heteroatoms. The average Bonchev–Trinajstić information content (AvgIpc) is 2.74. The number of aromatic nitrogens is 3. The molecule has 1 amide bonds. The molecular formula is C13H19F3N4O. The molecule has 0 saturated carbocycles. The second-order valence-electron chi connectivity index (χ2n) is 5.40. The lowest BCUT2D eigenvalue weighted by Gasteiger charge is -2.33. The fraction of sp³-hybridized carbons (Fsp3) is 0.769. The zero-order valence-corrected chi connectivity index (χ0v) is 12.2. The summed E-state index contributed by atoms with van der Waals surface area (Å²) in [5.74, 6) is 0.988. The Kier molecular flexibility index (Phi) is 4.53. The minimum absolute atomic E-state index is 0.00483. The maximum absolute atomic E-state index is 12.2. The van der Waals surface area contributed by atoms with Gasteiger partial charge in [-0.3, -0.25) is 4.79 Å². The smallest absolute Gasteiger partial charge is 0.341 e. The van der Waals surface area contributed by atoms with Crippen LogP contribution in [0.3, 0.4) is 0 Å². The number of nitrogens with zero attached hydrogens (tertiary/aromatic N) is 4. The van der Waals surface area contributed by atoms with Gasteiger partial charge in [-0.15, -0.1) is 0 Å². The van der Waals surface area contributed by atoms with E-state index in [1.165, 1.54) is 4.90 Å². The van der Waals surface area contributed by atoms with Crippen molar-refractivity contribution in [3.8, 4) is 0 Å². The maximum atomic E-state index is 12.2. The summed E-state index contributed by atoms with van der Waals surface area (Å²) in [6.07, 6.45) is -4.21. The summed E-state index contributed by atoms with van der Waals surface area (Å²) >= 11 is 0. The lowest BCUT2D eigenvalue weighted by atomic mass is 10.1. The van der Waals surface area contributed by atoms with Gasteiger partial charge in [0.05, 0.1) is 12.5 Å². The van der Waals surface area contributed by atoms with E-state index in [9.17, 15) is 18.0 Å². The Morgan fingerprint density at radius 3 is 2.67 bits per heavy atom. The normalized spacial score (nSPS) is 19.9. The van der Waals surface area contributed by atoms with Crippen molar-refractivity contribution >= 4 is 5.91 Å². The van der Waals surface area contributed by atoms with E-state index in [4.69, 9.17) is 0 Å². The van der Waals surface area contributed by atoms with Crippen molar-refractivity contribution in [1.29, 1.82) is 0 Å². The van der Waals surface area contributed by atoms with E-state index in [0.29, 0.717) is 18.9 Å². The molecule has 1 aliphatic rings. The first-order valence-electron chi connectivity index (χ1n) is 7.00. The number of carbonyl (C=O) groups is 1. The van der Waals surface area contributed by atoms with Crippen molar-refractivity contribution in [3.63, 3.8) is 0 Å². The molecule has 1 atom stereocenters. The van der Waals surface area contributed by atoms with E-state index in [-0.39, 0.29) is 6.04 Å². The third-order valence-electron chi connectivity index (χ3n) is 3.63. The monoisotopic (exact) mass is 304 g/mol. The summed E-state index contributed by atoms with van der Waals surface area (Å²) < 4.78 is 38.3. The van der Waals surface area contributed by atoms with E-state index in [0.717, 1.165) is 18.7 Å². The molecule has 0 aromatic carbocycles. The Hall–Kier alpha value is -1.60. The molecule has 0 N–H and O–H groups in total. The van der Waals surface area contributed by atoms with Crippen LogP contribution in [0.25, 0.3) is 0 Å². The minimum Gasteiger partial charge on any atom is -0.341 e. The molecule has 0 bridgehead atoms. The first-order chi connectivity index (χ1) is 9.76. The number of likely N-dealkylation sites (tertiary alicyclic amines) is 1. The predicted octanol–water partition coefficient (Wildman–Crippen LogP) is 2.40. The van der Waals surface area contributed by atoms with Gasteiger partial charge in [0.15, 0.2) is 0 Å². The number of alkyl halides is 3. The van der Waals surface area contributed by atoms with E-state index in [1.807, 2.05) is 6.92 Å². The van der Waals surface area contributed by atoms with Crippen LogP contribution in [0.4, 0.5) is 13.2 Å². The van der Waals surface area contributed by atoms with Gasteiger partial charge < -0.3 is 4.90 Å². The Balaban J connectivity index is 1.97. The zero-order valence-electron chi connectivity index (χ0n) is 12.2. The van der Waals surface area contributed by atoms with Gasteiger partial charge in [-0.25, -0.2) is 9.67 Å². The molecule has 118 valence electrons. The van der Waals surface area contributed by atoms with E-state index in [2.05, 4.69) is 10.1 Å². The SMILES string of the molecule is Cc1nc(C)n([C@H]2CCCN(C(=O)CCC(F)(F)F)C2)n1. The van der Waals surface area contributed by atoms with Crippen LogP contribution >= 0.6 is 0 Å². The van der Waals surface area contributed by atoms with E-state index in [1.54, 1.807) is 11.6 Å². The topological polar surface area (TPSA) is 51.0 Å². The molecule has 1 saturated heterocycles. The number of rotatable bonds is 3. The number of hydrogen-bond acceptors (Lipinski definition) is 3. The van der Waals surface area contributed by atoms with Crippen LogP contribution in [-0.4, -0.2) is 44.8 Å². The van der Waals surface area contributed by atoms with E-state index >= 15 is 0 Å². The van der Waals surface area contributed by atoms with Gasteiger partial charge in [0.2, 0.25) is 5.91 Å². The highest BCUT2D eigenvalue weighted by Crippen LogP contribution is 2.25. The first-order valence-corrected chi connectivity index (χ1v) is 7.00.